The van der Waals surface area contributed by atoms with Crippen LogP contribution in [0.15, 0.2) is 85.1 Å². The summed E-state index contributed by atoms with van der Waals surface area (Å²) in [6.07, 6.45) is 65.0. The number of hydrogen-bond donors (Lipinski definition) is 3. The number of aliphatic hydroxyl groups excluding tert-OH is 2. The van der Waals surface area contributed by atoms with Crippen LogP contribution < -0.4 is 5.32 Å². The second-order valence-corrected chi connectivity index (χ2v) is 17.5. The van der Waals surface area contributed by atoms with Gasteiger partial charge in [0, 0.05) is 6.42 Å². The van der Waals surface area contributed by atoms with Crippen molar-refractivity contribution in [3.63, 3.8) is 0 Å². The fourth-order valence-corrected chi connectivity index (χ4v) is 7.49. The maximum absolute atomic E-state index is 13.2. The Hall–Kier alpha value is -2.96. The van der Waals surface area contributed by atoms with Gasteiger partial charge >= 0.3 is 5.97 Å². The normalized spacial score (nSPS) is 13.9. The molecule has 3 atom stereocenters. The largest absolute Gasteiger partial charge is 0.462 e. The molecule has 63 heavy (non-hydrogen) atoms. The van der Waals surface area contributed by atoms with E-state index in [1.54, 1.807) is 0 Å². The van der Waals surface area contributed by atoms with Crippen LogP contribution in [0.4, 0.5) is 0 Å². The molecule has 0 aromatic rings. The SMILES string of the molecule is CC/C=C/C/C=C/C/C=C/CCCCCCCCC(=O)OC(CCC/C=C\C/C=C\C/C=C\C/C=C\CCCCC)CC(=O)NC(CO)C(O)CCCCCCCCCCCCC. The molecule has 0 saturated carbocycles. The predicted molar refractivity (Wildman–Crippen MR) is 273 cm³/mol. The highest BCUT2D eigenvalue weighted by Gasteiger charge is 2.24. The lowest BCUT2D eigenvalue weighted by molar-refractivity contribution is -0.151. The number of allylic oxidation sites excluding steroid dienone is 14. The molecule has 1 amide bonds. The lowest BCUT2D eigenvalue weighted by atomic mass is 10.0. The van der Waals surface area contributed by atoms with E-state index in [-0.39, 0.29) is 24.9 Å². The summed E-state index contributed by atoms with van der Waals surface area (Å²) in [5.41, 5.74) is 0. The van der Waals surface area contributed by atoms with Crippen molar-refractivity contribution < 1.29 is 24.5 Å². The van der Waals surface area contributed by atoms with Crippen molar-refractivity contribution in [2.75, 3.05) is 6.61 Å². The molecular formula is C57H99NO5. The Labute approximate surface area is 389 Å². The maximum atomic E-state index is 13.2. The zero-order valence-corrected chi connectivity index (χ0v) is 41.2. The third kappa shape index (κ3) is 45.4. The quantitative estimate of drug-likeness (QED) is 0.0322. The van der Waals surface area contributed by atoms with Crippen LogP contribution in [0.2, 0.25) is 0 Å². The summed E-state index contributed by atoms with van der Waals surface area (Å²) in [5, 5.41) is 23.7. The van der Waals surface area contributed by atoms with Crippen molar-refractivity contribution in [2.24, 2.45) is 0 Å². The van der Waals surface area contributed by atoms with Gasteiger partial charge in [-0.25, -0.2) is 0 Å². The van der Waals surface area contributed by atoms with E-state index in [1.165, 1.54) is 96.3 Å². The first-order valence-corrected chi connectivity index (χ1v) is 26.3. The average molecular weight is 878 g/mol. The van der Waals surface area contributed by atoms with Crippen molar-refractivity contribution in [2.45, 2.75) is 257 Å². The number of amides is 1. The van der Waals surface area contributed by atoms with E-state index in [0.29, 0.717) is 19.3 Å². The summed E-state index contributed by atoms with van der Waals surface area (Å²) in [7, 11) is 0. The van der Waals surface area contributed by atoms with Gasteiger partial charge in [0.2, 0.25) is 5.91 Å². The second-order valence-electron chi connectivity index (χ2n) is 17.5. The van der Waals surface area contributed by atoms with Crippen molar-refractivity contribution in [1.29, 1.82) is 0 Å². The Morgan fingerprint density at radius 1 is 0.476 bits per heavy atom. The van der Waals surface area contributed by atoms with E-state index >= 15 is 0 Å². The van der Waals surface area contributed by atoms with Gasteiger partial charge in [-0.05, 0) is 96.3 Å². The predicted octanol–water partition coefficient (Wildman–Crippen LogP) is 16.0. The Morgan fingerprint density at radius 2 is 0.873 bits per heavy atom. The Morgan fingerprint density at radius 3 is 1.37 bits per heavy atom. The molecule has 0 aliphatic rings. The standard InChI is InChI=1S/C57H99NO5/c1-4-7-10-13-16-19-22-24-26-28-29-31-34-36-39-42-45-48-53(63-57(62)50-47-44-41-38-35-32-30-27-25-23-20-17-14-11-8-5-2)51-56(61)58-54(52-59)55(60)49-46-43-40-37-33-21-18-15-12-9-6-3/h8,11,16-17,19-20,24-27,29,31,36,39,53-55,59-60H,4-7,9-10,12-15,18,21-23,28,30,32-35,37-38,40-52H2,1-3H3,(H,58,61)/b11-8+,19-16-,20-17+,26-24-,27-25+,31-29-,39-36-. The molecule has 0 aliphatic carbocycles. The first-order valence-electron chi connectivity index (χ1n) is 26.3. The van der Waals surface area contributed by atoms with Gasteiger partial charge < -0.3 is 20.3 Å². The summed E-state index contributed by atoms with van der Waals surface area (Å²) in [6.45, 7) is 6.32. The van der Waals surface area contributed by atoms with Gasteiger partial charge in [0.05, 0.1) is 25.2 Å². The molecule has 0 heterocycles. The fourth-order valence-electron chi connectivity index (χ4n) is 7.49. The molecule has 3 unspecified atom stereocenters. The van der Waals surface area contributed by atoms with E-state index in [0.717, 1.165) is 96.3 Å². The smallest absolute Gasteiger partial charge is 0.306 e. The maximum Gasteiger partial charge on any atom is 0.306 e. The van der Waals surface area contributed by atoms with Gasteiger partial charge in [0.25, 0.3) is 0 Å². The molecule has 0 aromatic carbocycles. The van der Waals surface area contributed by atoms with Crippen LogP contribution in [0.25, 0.3) is 0 Å². The number of unbranched alkanes of at least 4 members (excludes halogenated alkanes) is 20. The summed E-state index contributed by atoms with van der Waals surface area (Å²) < 4.78 is 5.91. The summed E-state index contributed by atoms with van der Waals surface area (Å²) >= 11 is 0. The molecule has 6 heteroatoms. The van der Waals surface area contributed by atoms with Gasteiger partial charge in [-0.15, -0.1) is 0 Å². The van der Waals surface area contributed by atoms with Gasteiger partial charge in [-0.3, -0.25) is 9.59 Å². The van der Waals surface area contributed by atoms with Crippen LogP contribution in [0.1, 0.15) is 239 Å². The zero-order chi connectivity index (χ0) is 45.9. The van der Waals surface area contributed by atoms with E-state index in [1.807, 2.05) is 0 Å². The second kappa shape index (κ2) is 50.0. The van der Waals surface area contributed by atoms with E-state index < -0.39 is 18.2 Å². The number of nitrogens with one attached hydrogen (secondary N) is 1. The topological polar surface area (TPSA) is 95.9 Å². The molecule has 0 aromatic heterocycles. The molecule has 6 nitrogen and oxygen atoms in total. The molecule has 0 aliphatic heterocycles. The number of esters is 1. The molecule has 0 saturated heterocycles. The van der Waals surface area contributed by atoms with E-state index in [4.69, 9.17) is 4.74 Å². The molecule has 0 bridgehead atoms. The third-order valence-electron chi connectivity index (χ3n) is 11.5. The van der Waals surface area contributed by atoms with Gasteiger partial charge in [0.15, 0.2) is 0 Å². The first-order chi connectivity index (χ1) is 31.0. The monoisotopic (exact) mass is 878 g/mol. The number of hydrogen-bond acceptors (Lipinski definition) is 5. The highest BCUT2D eigenvalue weighted by Crippen LogP contribution is 2.17. The van der Waals surface area contributed by atoms with Crippen LogP contribution in [0.3, 0.4) is 0 Å². The number of rotatable bonds is 46. The molecular weight excluding hydrogens is 779 g/mol. The van der Waals surface area contributed by atoms with E-state index in [2.05, 4.69) is 111 Å². The van der Waals surface area contributed by atoms with Crippen molar-refractivity contribution in [3.8, 4) is 0 Å². The minimum atomic E-state index is -0.808. The van der Waals surface area contributed by atoms with Crippen molar-refractivity contribution in [1.82, 2.24) is 5.32 Å². The first kappa shape index (κ1) is 60.0. The van der Waals surface area contributed by atoms with Gasteiger partial charge in [-0.2, -0.15) is 0 Å². The van der Waals surface area contributed by atoms with Crippen LogP contribution in [0.5, 0.6) is 0 Å². The van der Waals surface area contributed by atoms with Crippen molar-refractivity contribution in [3.05, 3.63) is 85.1 Å². The Bertz CT molecular complexity index is 1210. The number of carbonyl (C=O) groups excluding carboxylic acids is 2. The zero-order valence-electron chi connectivity index (χ0n) is 41.2. The van der Waals surface area contributed by atoms with Crippen LogP contribution in [0, 0.1) is 0 Å². The lowest BCUT2D eigenvalue weighted by Gasteiger charge is -2.24. The Kier molecular flexibility index (Phi) is 47.7. The summed E-state index contributed by atoms with van der Waals surface area (Å²) in [6, 6.07) is -0.725. The Balaban J connectivity index is 4.73. The molecule has 0 rings (SSSR count). The third-order valence-corrected chi connectivity index (χ3v) is 11.5. The number of ether oxygens (including phenoxy) is 1. The molecule has 0 spiro atoms. The minimum Gasteiger partial charge on any atom is -0.462 e. The molecule has 0 fully saturated rings. The molecule has 0 radical (unpaired) electrons. The van der Waals surface area contributed by atoms with Gasteiger partial charge in [-0.1, -0.05) is 215 Å². The fraction of sp³-hybridized carbons (Fsp3) is 0.719. The van der Waals surface area contributed by atoms with Crippen LogP contribution in [-0.4, -0.2) is 46.9 Å². The summed E-state index contributed by atoms with van der Waals surface area (Å²) in [4.78, 5) is 26.2. The van der Waals surface area contributed by atoms with E-state index in [9.17, 15) is 19.8 Å². The number of aliphatic hydroxyl groups is 2. The molecule has 362 valence electrons. The van der Waals surface area contributed by atoms with Gasteiger partial charge in [0.1, 0.15) is 6.10 Å². The van der Waals surface area contributed by atoms with Crippen LogP contribution in [-0.2, 0) is 14.3 Å². The van der Waals surface area contributed by atoms with Crippen molar-refractivity contribution >= 4 is 11.9 Å². The highest BCUT2D eigenvalue weighted by molar-refractivity contribution is 5.77. The highest BCUT2D eigenvalue weighted by atomic mass is 16.5. The summed E-state index contributed by atoms with van der Waals surface area (Å²) in [5.74, 6) is -0.546. The average Bonchev–Trinajstić information content (AvgIpc) is 3.28. The minimum absolute atomic E-state index is 0.0308. The van der Waals surface area contributed by atoms with Crippen LogP contribution >= 0.6 is 0 Å². The molecule has 3 N–H and O–H groups in total. The number of carbonyl (C=O) groups is 2. The lowest BCUT2D eigenvalue weighted by Crippen LogP contribution is -2.46.